The van der Waals surface area contributed by atoms with Gasteiger partial charge in [-0.15, -0.1) is 0 Å². The topological polar surface area (TPSA) is 61.4 Å². The molecular formula is C16H19N3O2. The van der Waals surface area contributed by atoms with Crippen molar-refractivity contribution in [2.24, 2.45) is 0 Å². The Morgan fingerprint density at radius 3 is 2.43 bits per heavy atom. The summed E-state index contributed by atoms with van der Waals surface area (Å²) in [6.45, 7) is 0.637. The number of fused-ring (bicyclic) bond motifs is 1. The van der Waals surface area contributed by atoms with E-state index in [0.29, 0.717) is 18.5 Å². The number of nitrogens with one attached hydrogen (secondary N) is 2. The molecule has 2 aromatic carbocycles. The van der Waals surface area contributed by atoms with E-state index in [9.17, 15) is 9.59 Å². The van der Waals surface area contributed by atoms with Gasteiger partial charge in [0.1, 0.15) is 0 Å². The number of nitrogens with zero attached hydrogens (tertiary/aromatic N) is 1. The first-order valence-corrected chi connectivity index (χ1v) is 6.79. The van der Waals surface area contributed by atoms with Crippen LogP contribution in [0.4, 0.5) is 0 Å². The van der Waals surface area contributed by atoms with E-state index in [1.54, 1.807) is 12.1 Å². The molecule has 2 N–H and O–H groups in total. The van der Waals surface area contributed by atoms with Crippen molar-refractivity contribution >= 4 is 22.6 Å². The number of carbonyl (C=O) groups is 2. The van der Waals surface area contributed by atoms with Crippen LogP contribution in [0, 0.1) is 0 Å². The fourth-order valence-corrected chi connectivity index (χ4v) is 1.92. The van der Waals surface area contributed by atoms with Crippen LogP contribution in [0.25, 0.3) is 10.8 Å². The Morgan fingerprint density at radius 1 is 1.00 bits per heavy atom. The predicted molar refractivity (Wildman–Crippen MR) is 82.7 cm³/mol. The summed E-state index contributed by atoms with van der Waals surface area (Å²) in [4.78, 5) is 25.4. The Bertz CT molecular complexity index is 653. The Hall–Kier alpha value is -2.40. The zero-order chi connectivity index (χ0) is 15.2. The number of amides is 2. The molecule has 0 heterocycles. The molecule has 5 heteroatoms. The lowest BCUT2D eigenvalue weighted by atomic mass is 10.1. The minimum absolute atomic E-state index is 0.210. The van der Waals surface area contributed by atoms with Gasteiger partial charge in [0.25, 0.3) is 5.91 Å². The molecule has 0 fully saturated rings. The highest BCUT2D eigenvalue weighted by atomic mass is 16.2. The molecule has 0 spiro atoms. The number of rotatable bonds is 4. The van der Waals surface area contributed by atoms with Gasteiger partial charge in [-0.1, -0.05) is 30.3 Å². The highest BCUT2D eigenvalue weighted by Crippen LogP contribution is 2.15. The average Bonchev–Trinajstić information content (AvgIpc) is 2.50. The molecule has 0 aromatic heterocycles. The average molecular weight is 285 g/mol. The van der Waals surface area contributed by atoms with E-state index in [1.165, 1.54) is 0 Å². The van der Waals surface area contributed by atoms with Crippen LogP contribution in [0.15, 0.2) is 42.5 Å². The van der Waals surface area contributed by atoms with Gasteiger partial charge in [-0.2, -0.15) is 0 Å². The van der Waals surface area contributed by atoms with Crippen LogP contribution in [0.3, 0.4) is 0 Å². The van der Waals surface area contributed by atoms with Gasteiger partial charge in [-0.05, 0) is 37.0 Å². The van der Waals surface area contributed by atoms with Gasteiger partial charge in [0.05, 0.1) is 0 Å². The van der Waals surface area contributed by atoms with E-state index >= 15 is 0 Å². The van der Waals surface area contributed by atoms with Gasteiger partial charge in [-0.25, -0.2) is 0 Å². The van der Waals surface area contributed by atoms with Crippen LogP contribution < -0.4 is 10.9 Å². The smallest absolute Gasteiger partial charge is 0.269 e. The second kappa shape index (κ2) is 6.85. The third-order valence-electron chi connectivity index (χ3n) is 3.11. The largest absolute Gasteiger partial charge is 0.309 e. The van der Waals surface area contributed by atoms with Crippen molar-refractivity contribution < 1.29 is 9.59 Å². The van der Waals surface area contributed by atoms with E-state index in [2.05, 4.69) is 10.9 Å². The zero-order valence-electron chi connectivity index (χ0n) is 12.2. The monoisotopic (exact) mass is 285 g/mol. The van der Waals surface area contributed by atoms with Crippen molar-refractivity contribution in [2.75, 3.05) is 20.6 Å². The molecule has 0 aliphatic heterocycles. The third kappa shape index (κ3) is 4.29. The van der Waals surface area contributed by atoms with E-state index in [1.807, 2.05) is 49.3 Å². The van der Waals surface area contributed by atoms with Crippen LogP contribution in [0.2, 0.25) is 0 Å². The predicted octanol–water partition coefficient (Wildman–Crippen LogP) is 1.55. The SMILES string of the molecule is CN(C)CCC(=O)NNC(=O)c1ccc2ccccc2c1. The van der Waals surface area contributed by atoms with Crippen molar-refractivity contribution in [2.45, 2.75) is 6.42 Å². The molecule has 110 valence electrons. The maximum atomic E-state index is 12.0. The molecule has 0 aliphatic rings. The summed E-state index contributed by atoms with van der Waals surface area (Å²) in [6, 6.07) is 13.2. The Labute approximate surface area is 123 Å². The molecule has 21 heavy (non-hydrogen) atoms. The van der Waals surface area contributed by atoms with Crippen molar-refractivity contribution in [1.82, 2.24) is 15.8 Å². The number of hydrogen-bond acceptors (Lipinski definition) is 3. The molecule has 2 aromatic rings. The van der Waals surface area contributed by atoms with E-state index in [-0.39, 0.29) is 11.8 Å². The van der Waals surface area contributed by atoms with E-state index in [4.69, 9.17) is 0 Å². The second-order valence-corrected chi connectivity index (χ2v) is 5.12. The third-order valence-corrected chi connectivity index (χ3v) is 3.11. The molecule has 0 saturated heterocycles. The van der Waals surface area contributed by atoms with Gasteiger partial charge in [-0.3, -0.25) is 20.4 Å². The molecule has 5 nitrogen and oxygen atoms in total. The first-order valence-electron chi connectivity index (χ1n) is 6.79. The fourth-order valence-electron chi connectivity index (χ4n) is 1.92. The number of hydrazine groups is 1. The maximum Gasteiger partial charge on any atom is 0.269 e. The summed E-state index contributed by atoms with van der Waals surface area (Å²) in [5.74, 6) is -0.531. The molecule has 0 bridgehead atoms. The summed E-state index contributed by atoms with van der Waals surface area (Å²) < 4.78 is 0. The molecule has 0 unspecified atom stereocenters. The zero-order valence-corrected chi connectivity index (χ0v) is 12.2. The lowest BCUT2D eigenvalue weighted by molar-refractivity contribution is -0.122. The van der Waals surface area contributed by atoms with Gasteiger partial charge in [0.15, 0.2) is 0 Å². The van der Waals surface area contributed by atoms with Gasteiger partial charge in [0.2, 0.25) is 5.91 Å². The Morgan fingerprint density at radius 2 is 1.71 bits per heavy atom. The van der Waals surface area contributed by atoms with Crippen LogP contribution in [-0.4, -0.2) is 37.4 Å². The summed E-state index contributed by atoms with van der Waals surface area (Å²) in [6.07, 6.45) is 0.338. The Kier molecular flexibility index (Phi) is 4.90. The summed E-state index contributed by atoms with van der Waals surface area (Å²) in [7, 11) is 3.78. The maximum absolute atomic E-state index is 12.0. The van der Waals surface area contributed by atoms with E-state index in [0.717, 1.165) is 10.8 Å². The molecular weight excluding hydrogens is 266 g/mol. The van der Waals surface area contributed by atoms with Crippen molar-refractivity contribution in [1.29, 1.82) is 0 Å². The number of carbonyl (C=O) groups excluding carboxylic acids is 2. The highest BCUT2D eigenvalue weighted by molar-refractivity contribution is 5.99. The Balaban J connectivity index is 1.94. The summed E-state index contributed by atoms with van der Waals surface area (Å²) >= 11 is 0. The molecule has 2 rings (SSSR count). The lowest BCUT2D eigenvalue weighted by Crippen LogP contribution is -2.42. The van der Waals surface area contributed by atoms with Gasteiger partial charge >= 0.3 is 0 Å². The number of hydrogen-bond donors (Lipinski definition) is 2. The van der Waals surface area contributed by atoms with Crippen LogP contribution in [0.5, 0.6) is 0 Å². The van der Waals surface area contributed by atoms with E-state index < -0.39 is 0 Å². The van der Waals surface area contributed by atoms with Crippen molar-refractivity contribution in [3.63, 3.8) is 0 Å². The first kappa shape index (κ1) is 15.0. The quantitative estimate of drug-likeness (QED) is 0.838. The molecule has 0 aliphatic carbocycles. The minimum Gasteiger partial charge on any atom is -0.309 e. The first-order chi connectivity index (χ1) is 10.1. The molecule has 0 atom stereocenters. The van der Waals surface area contributed by atoms with Crippen LogP contribution in [0.1, 0.15) is 16.8 Å². The minimum atomic E-state index is -0.320. The molecule has 2 amide bonds. The second-order valence-electron chi connectivity index (χ2n) is 5.12. The highest BCUT2D eigenvalue weighted by Gasteiger charge is 2.08. The number of benzene rings is 2. The van der Waals surface area contributed by atoms with Gasteiger partial charge in [0, 0.05) is 18.5 Å². The fraction of sp³-hybridized carbons (Fsp3) is 0.250. The lowest BCUT2D eigenvalue weighted by Gasteiger charge is -2.10. The molecule has 0 radical (unpaired) electrons. The van der Waals surface area contributed by atoms with Gasteiger partial charge < -0.3 is 4.90 Å². The summed E-state index contributed by atoms with van der Waals surface area (Å²) in [5.41, 5.74) is 5.36. The molecule has 0 saturated carbocycles. The van der Waals surface area contributed by atoms with Crippen molar-refractivity contribution in [3.8, 4) is 0 Å². The van der Waals surface area contributed by atoms with Crippen molar-refractivity contribution in [3.05, 3.63) is 48.0 Å². The normalized spacial score (nSPS) is 10.6. The van der Waals surface area contributed by atoms with Crippen LogP contribution in [-0.2, 0) is 4.79 Å². The van der Waals surface area contributed by atoms with Crippen LogP contribution >= 0.6 is 0 Å². The standard InChI is InChI=1S/C16H19N3O2/c1-19(2)10-9-15(20)17-18-16(21)14-8-7-12-5-3-4-6-13(12)11-14/h3-8,11H,9-10H2,1-2H3,(H,17,20)(H,18,21). The summed E-state index contributed by atoms with van der Waals surface area (Å²) in [5, 5.41) is 2.06.